The Bertz CT molecular complexity index is 475. The predicted octanol–water partition coefficient (Wildman–Crippen LogP) is 0.565. The molecule has 6 nitrogen and oxygen atoms in total. The molecule has 3 N–H and O–H groups in total. The molecule has 0 bridgehead atoms. The lowest BCUT2D eigenvalue weighted by Crippen LogP contribution is -2.13. The topological polar surface area (TPSA) is 81.7 Å². The van der Waals surface area contributed by atoms with Gasteiger partial charge in [-0.25, -0.2) is 15.5 Å². The monoisotopic (exact) mass is 204 g/mol. The second kappa shape index (κ2) is 3.66. The third-order valence-corrected chi connectivity index (χ3v) is 2.01. The van der Waals surface area contributed by atoms with Crippen LogP contribution in [0.25, 0.3) is 5.82 Å². The number of aryl methyl sites for hydroxylation is 2. The number of nitrogens with zero attached hydrogens (tertiary/aromatic N) is 4. The summed E-state index contributed by atoms with van der Waals surface area (Å²) in [5, 5.41) is 4.27. The van der Waals surface area contributed by atoms with Crippen molar-refractivity contribution in [1.29, 1.82) is 0 Å². The van der Waals surface area contributed by atoms with Crippen LogP contribution in [0.15, 0.2) is 18.5 Å². The minimum Gasteiger partial charge on any atom is -0.292 e. The Morgan fingerprint density at radius 1 is 1.40 bits per heavy atom. The van der Waals surface area contributed by atoms with E-state index in [0.29, 0.717) is 5.95 Å². The van der Waals surface area contributed by atoms with E-state index in [1.807, 2.05) is 26.1 Å². The van der Waals surface area contributed by atoms with Gasteiger partial charge < -0.3 is 0 Å². The summed E-state index contributed by atoms with van der Waals surface area (Å²) in [6.45, 7) is 3.85. The van der Waals surface area contributed by atoms with Gasteiger partial charge in [-0.1, -0.05) is 0 Å². The van der Waals surface area contributed by atoms with Gasteiger partial charge in [0.25, 0.3) is 0 Å². The fourth-order valence-electron chi connectivity index (χ4n) is 1.27. The van der Waals surface area contributed by atoms with Crippen molar-refractivity contribution in [3.63, 3.8) is 0 Å². The van der Waals surface area contributed by atoms with Crippen molar-refractivity contribution in [3.05, 3.63) is 29.7 Å². The van der Waals surface area contributed by atoms with Crippen LogP contribution in [0.4, 0.5) is 5.95 Å². The fraction of sp³-hybridized carbons (Fsp3) is 0.222. The Morgan fingerprint density at radius 2 is 2.20 bits per heavy atom. The average molecular weight is 204 g/mol. The lowest BCUT2D eigenvalue weighted by atomic mass is 10.3. The van der Waals surface area contributed by atoms with E-state index in [9.17, 15) is 0 Å². The Hall–Kier alpha value is -1.95. The summed E-state index contributed by atoms with van der Waals surface area (Å²) in [5.41, 5.74) is 4.29. The Balaban J connectivity index is 2.51. The van der Waals surface area contributed by atoms with Crippen LogP contribution in [0.3, 0.4) is 0 Å². The smallest absolute Gasteiger partial charge is 0.239 e. The molecule has 6 heteroatoms. The van der Waals surface area contributed by atoms with E-state index in [0.717, 1.165) is 17.1 Å². The minimum atomic E-state index is 0.378. The number of hydrogen-bond donors (Lipinski definition) is 2. The molecule has 0 saturated heterocycles. The van der Waals surface area contributed by atoms with E-state index in [4.69, 9.17) is 5.84 Å². The molecule has 2 aromatic heterocycles. The largest absolute Gasteiger partial charge is 0.292 e. The summed E-state index contributed by atoms with van der Waals surface area (Å²) < 4.78 is 1.70. The van der Waals surface area contributed by atoms with Crippen LogP contribution < -0.4 is 11.3 Å². The molecule has 0 aromatic carbocycles. The third-order valence-electron chi connectivity index (χ3n) is 2.01. The number of nitrogens with two attached hydrogens (primary N) is 1. The first-order chi connectivity index (χ1) is 7.20. The van der Waals surface area contributed by atoms with Gasteiger partial charge in [0.05, 0.1) is 5.69 Å². The molecule has 2 rings (SSSR count). The predicted molar refractivity (Wildman–Crippen MR) is 56.4 cm³/mol. The normalized spacial score (nSPS) is 10.3. The maximum atomic E-state index is 5.25. The van der Waals surface area contributed by atoms with Gasteiger partial charge in [-0.2, -0.15) is 10.1 Å². The molecule has 78 valence electrons. The molecule has 2 aromatic rings. The van der Waals surface area contributed by atoms with Crippen molar-refractivity contribution in [2.45, 2.75) is 13.8 Å². The highest BCUT2D eigenvalue weighted by atomic mass is 15.3. The van der Waals surface area contributed by atoms with Crippen LogP contribution in [-0.4, -0.2) is 19.7 Å². The zero-order valence-corrected chi connectivity index (χ0v) is 8.60. The van der Waals surface area contributed by atoms with Crippen molar-refractivity contribution in [1.82, 2.24) is 19.7 Å². The van der Waals surface area contributed by atoms with Crippen molar-refractivity contribution < 1.29 is 0 Å². The zero-order valence-electron chi connectivity index (χ0n) is 8.60. The molecule has 0 atom stereocenters. The molecular weight excluding hydrogens is 192 g/mol. The summed E-state index contributed by atoms with van der Waals surface area (Å²) in [6.07, 6.45) is 3.56. The highest BCUT2D eigenvalue weighted by Gasteiger charge is 2.05. The Labute approximate surface area is 87.1 Å². The van der Waals surface area contributed by atoms with E-state index >= 15 is 0 Å². The van der Waals surface area contributed by atoms with E-state index in [2.05, 4.69) is 20.5 Å². The number of rotatable bonds is 2. The highest BCUT2D eigenvalue weighted by Crippen LogP contribution is 2.11. The van der Waals surface area contributed by atoms with Gasteiger partial charge in [-0.05, 0) is 19.9 Å². The number of nitrogen functional groups attached to an aromatic ring is 1. The van der Waals surface area contributed by atoms with E-state index in [1.54, 1.807) is 10.9 Å². The molecule has 0 aliphatic carbocycles. The molecule has 0 amide bonds. The highest BCUT2D eigenvalue weighted by molar-refractivity contribution is 5.36. The lowest BCUT2D eigenvalue weighted by Gasteiger charge is -2.05. The van der Waals surface area contributed by atoms with Gasteiger partial charge in [0.1, 0.15) is 0 Å². The summed E-state index contributed by atoms with van der Waals surface area (Å²) in [4.78, 5) is 8.23. The molecule has 0 aliphatic heterocycles. The molecule has 0 unspecified atom stereocenters. The zero-order chi connectivity index (χ0) is 10.8. The second-order valence-electron chi connectivity index (χ2n) is 3.25. The van der Waals surface area contributed by atoms with Crippen LogP contribution in [0.5, 0.6) is 0 Å². The van der Waals surface area contributed by atoms with Crippen LogP contribution in [0.1, 0.15) is 11.3 Å². The molecule has 0 radical (unpaired) electrons. The number of nitrogens with one attached hydrogen (secondary N) is 1. The molecule has 0 fully saturated rings. The molecule has 0 spiro atoms. The first-order valence-electron chi connectivity index (χ1n) is 4.53. The maximum absolute atomic E-state index is 5.25. The lowest BCUT2D eigenvalue weighted by molar-refractivity contribution is 0.817. The van der Waals surface area contributed by atoms with E-state index < -0.39 is 0 Å². The van der Waals surface area contributed by atoms with Crippen LogP contribution >= 0.6 is 0 Å². The minimum absolute atomic E-state index is 0.378. The molecular formula is C9H12N6. The second-order valence-corrected chi connectivity index (χ2v) is 3.25. The molecule has 0 saturated carbocycles. The number of anilines is 1. The third kappa shape index (κ3) is 1.79. The summed E-state index contributed by atoms with van der Waals surface area (Å²) >= 11 is 0. The van der Waals surface area contributed by atoms with E-state index in [1.165, 1.54) is 0 Å². The van der Waals surface area contributed by atoms with Crippen molar-refractivity contribution >= 4 is 5.95 Å². The number of hydrazine groups is 1. The Morgan fingerprint density at radius 3 is 2.80 bits per heavy atom. The quantitative estimate of drug-likeness (QED) is 0.552. The standard InChI is InChI=1S/C9H12N6/c1-6-5-11-9(13-10)12-8(6)15-4-3-7(2)14-15/h3-5H,10H2,1-2H3,(H,11,12,13). The molecule has 2 heterocycles. The average Bonchev–Trinajstić information content (AvgIpc) is 2.65. The summed E-state index contributed by atoms with van der Waals surface area (Å²) in [5.74, 6) is 6.35. The van der Waals surface area contributed by atoms with Gasteiger partial charge in [0.2, 0.25) is 5.95 Å². The van der Waals surface area contributed by atoms with Gasteiger partial charge in [0, 0.05) is 18.0 Å². The molecule has 15 heavy (non-hydrogen) atoms. The fourth-order valence-corrected chi connectivity index (χ4v) is 1.27. The van der Waals surface area contributed by atoms with Crippen LogP contribution in [0, 0.1) is 13.8 Å². The Kier molecular flexibility index (Phi) is 2.34. The maximum Gasteiger partial charge on any atom is 0.239 e. The van der Waals surface area contributed by atoms with Crippen molar-refractivity contribution in [2.24, 2.45) is 5.84 Å². The summed E-state index contributed by atoms with van der Waals surface area (Å²) in [7, 11) is 0. The van der Waals surface area contributed by atoms with Crippen molar-refractivity contribution in [3.8, 4) is 5.82 Å². The number of hydrogen-bond acceptors (Lipinski definition) is 5. The first-order valence-corrected chi connectivity index (χ1v) is 4.53. The summed E-state index contributed by atoms with van der Waals surface area (Å²) in [6, 6.07) is 1.91. The SMILES string of the molecule is Cc1ccn(-c2nc(NN)ncc2C)n1. The number of aromatic nitrogens is 4. The van der Waals surface area contributed by atoms with Crippen LogP contribution in [0.2, 0.25) is 0 Å². The van der Waals surface area contributed by atoms with Gasteiger partial charge in [-0.15, -0.1) is 0 Å². The first kappa shape index (κ1) is 9.60. The van der Waals surface area contributed by atoms with Gasteiger partial charge in [0.15, 0.2) is 5.82 Å². The van der Waals surface area contributed by atoms with Gasteiger partial charge in [-0.3, -0.25) is 5.43 Å². The van der Waals surface area contributed by atoms with E-state index in [-0.39, 0.29) is 0 Å². The van der Waals surface area contributed by atoms with Crippen LogP contribution in [-0.2, 0) is 0 Å². The van der Waals surface area contributed by atoms with Crippen molar-refractivity contribution in [2.75, 3.05) is 5.43 Å². The molecule has 0 aliphatic rings. The van der Waals surface area contributed by atoms with Gasteiger partial charge >= 0.3 is 0 Å².